The van der Waals surface area contributed by atoms with E-state index in [2.05, 4.69) is 33.9 Å². The summed E-state index contributed by atoms with van der Waals surface area (Å²) in [4.78, 5) is 11.1. The first kappa shape index (κ1) is 26.7. The van der Waals surface area contributed by atoms with E-state index < -0.39 is 34.1 Å². The minimum Gasteiger partial charge on any atom is -0.382 e. The van der Waals surface area contributed by atoms with Crippen LogP contribution in [0.3, 0.4) is 0 Å². The normalized spacial score (nSPS) is 13.7. The summed E-state index contributed by atoms with van der Waals surface area (Å²) in [6, 6.07) is 2.73. The maximum Gasteiger partial charge on any atom is 0.182 e. The number of halogens is 4. The Hall–Kier alpha value is -2.52. The van der Waals surface area contributed by atoms with Gasteiger partial charge in [-0.2, -0.15) is 5.10 Å². The number of unbranched alkanes of at least 4 members (excludes halogenated alkanes) is 4. The smallest absolute Gasteiger partial charge is 0.182 e. The minimum atomic E-state index is -2.02. The van der Waals surface area contributed by atoms with Gasteiger partial charge in [0, 0.05) is 17.5 Å². The number of nitrogens with zero attached hydrogens (tertiary/aromatic N) is 5. The molecule has 0 fully saturated rings. The van der Waals surface area contributed by atoms with Crippen LogP contribution in [-0.4, -0.2) is 29.8 Å². The van der Waals surface area contributed by atoms with Crippen LogP contribution >= 0.6 is 11.6 Å². The van der Waals surface area contributed by atoms with Crippen molar-refractivity contribution in [1.82, 2.24) is 24.7 Å². The maximum atomic E-state index is 14.4. The van der Waals surface area contributed by atoms with Gasteiger partial charge in [0.25, 0.3) is 0 Å². The zero-order chi connectivity index (χ0) is 24.4. The van der Waals surface area contributed by atoms with Gasteiger partial charge >= 0.3 is 0 Å². The molecule has 0 spiro atoms. The number of rotatable bonds is 9. The van der Waals surface area contributed by atoms with E-state index in [9.17, 15) is 18.3 Å². The molecule has 0 aliphatic heterocycles. The molecule has 3 rings (SSSR count). The molecule has 0 saturated heterocycles. The molecule has 10 heteroatoms. The Morgan fingerprint density at radius 3 is 2.33 bits per heavy atom. The van der Waals surface area contributed by atoms with Gasteiger partial charge in [-0.25, -0.2) is 32.8 Å². The Bertz CT molecular complexity index is 1000. The topological polar surface area (TPSA) is 76.7 Å². The fourth-order valence-electron chi connectivity index (χ4n) is 3.42. The van der Waals surface area contributed by atoms with Crippen LogP contribution in [0.2, 0.25) is 5.15 Å². The quantitative estimate of drug-likeness (QED) is 0.307. The Balaban J connectivity index is 0.000000479. The first-order chi connectivity index (χ1) is 15.7. The Kier molecular flexibility index (Phi) is 10.2. The zero-order valence-electron chi connectivity index (χ0n) is 19.0. The number of hydrogen-bond acceptors (Lipinski definition) is 5. The number of aromatic nitrogens is 5. The summed E-state index contributed by atoms with van der Waals surface area (Å²) >= 11 is 5.69. The van der Waals surface area contributed by atoms with Crippen molar-refractivity contribution >= 4 is 11.6 Å². The Morgan fingerprint density at radius 2 is 1.76 bits per heavy atom. The largest absolute Gasteiger partial charge is 0.382 e. The lowest BCUT2D eigenvalue weighted by Gasteiger charge is -2.34. The minimum absolute atomic E-state index is 0.212. The van der Waals surface area contributed by atoms with Crippen molar-refractivity contribution in [2.75, 3.05) is 0 Å². The van der Waals surface area contributed by atoms with Gasteiger partial charge in [0.05, 0.1) is 12.2 Å². The predicted molar refractivity (Wildman–Crippen MR) is 120 cm³/mol. The molecule has 0 aliphatic carbocycles. The fourth-order valence-corrected chi connectivity index (χ4v) is 3.56. The van der Waals surface area contributed by atoms with Gasteiger partial charge in [-0.15, -0.1) is 0 Å². The molecular weight excluding hydrogens is 455 g/mol. The highest BCUT2D eigenvalue weighted by atomic mass is 35.5. The van der Waals surface area contributed by atoms with E-state index in [-0.39, 0.29) is 17.8 Å². The molecule has 0 radical (unpaired) electrons. The summed E-state index contributed by atoms with van der Waals surface area (Å²) in [5.74, 6) is -3.80. The van der Waals surface area contributed by atoms with Crippen LogP contribution in [0.25, 0.3) is 0 Å². The van der Waals surface area contributed by atoms with Crippen molar-refractivity contribution in [1.29, 1.82) is 0 Å². The molecule has 0 bridgehead atoms. The lowest BCUT2D eigenvalue weighted by Crippen LogP contribution is -2.39. The summed E-state index contributed by atoms with van der Waals surface area (Å²) < 4.78 is 43.4. The second-order valence-electron chi connectivity index (χ2n) is 7.79. The summed E-state index contributed by atoms with van der Waals surface area (Å²) in [5, 5.41) is 14.8. The molecule has 6 nitrogen and oxygen atoms in total. The molecule has 0 aliphatic rings. The van der Waals surface area contributed by atoms with E-state index in [0.29, 0.717) is 6.07 Å². The lowest BCUT2D eigenvalue weighted by molar-refractivity contribution is -0.0133. The van der Waals surface area contributed by atoms with Gasteiger partial charge in [-0.3, -0.25) is 0 Å². The van der Waals surface area contributed by atoms with Crippen molar-refractivity contribution in [2.24, 2.45) is 0 Å². The molecular formula is C23H29ClF3N5O. The van der Waals surface area contributed by atoms with E-state index in [1.807, 2.05) is 0 Å². The van der Waals surface area contributed by atoms with Gasteiger partial charge in [-0.1, -0.05) is 70.5 Å². The monoisotopic (exact) mass is 483 g/mol. The Morgan fingerprint density at radius 1 is 1.06 bits per heavy atom. The van der Waals surface area contributed by atoms with Gasteiger partial charge in [0.15, 0.2) is 11.0 Å². The number of hydrogen-bond donors (Lipinski definition) is 1. The van der Waals surface area contributed by atoms with Crippen LogP contribution in [0.15, 0.2) is 37.2 Å². The van der Waals surface area contributed by atoms with Crippen molar-refractivity contribution in [2.45, 2.75) is 70.9 Å². The molecule has 0 unspecified atom stereocenters. The SMILES string of the molecule is CCCCCCC.C[C@@H](c1ncnc(Cl)c1F)[C@@](O)(Cn1cncn1)c1ccc(F)cc1F. The summed E-state index contributed by atoms with van der Waals surface area (Å²) in [6.45, 7) is 5.66. The zero-order valence-corrected chi connectivity index (χ0v) is 19.7. The van der Waals surface area contributed by atoms with Gasteiger partial charge in [0.1, 0.15) is 36.2 Å². The summed E-state index contributed by atoms with van der Waals surface area (Å²) in [5.41, 5.74) is -2.48. The second kappa shape index (κ2) is 12.6. The van der Waals surface area contributed by atoms with Crippen LogP contribution < -0.4 is 0 Å². The van der Waals surface area contributed by atoms with Crippen molar-refractivity contribution in [3.63, 3.8) is 0 Å². The lowest BCUT2D eigenvalue weighted by atomic mass is 9.79. The molecule has 0 saturated carbocycles. The highest BCUT2D eigenvalue weighted by Gasteiger charge is 2.42. The second-order valence-corrected chi connectivity index (χ2v) is 8.15. The van der Waals surface area contributed by atoms with Crippen molar-refractivity contribution in [3.05, 3.63) is 71.0 Å². The molecule has 2 heterocycles. The Labute approximate surface area is 196 Å². The van der Waals surface area contributed by atoms with Crippen LogP contribution in [0.1, 0.15) is 70.1 Å². The van der Waals surface area contributed by atoms with E-state index in [0.717, 1.165) is 18.5 Å². The molecule has 1 N–H and O–H groups in total. The third kappa shape index (κ3) is 6.98. The number of benzene rings is 1. The molecule has 2 aromatic heterocycles. The van der Waals surface area contributed by atoms with E-state index >= 15 is 0 Å². The summed E-state index contributed by atoms with van der Waals surface area (Å²) in [6.07, 6.45) is 10.6. The van der Waals surface area contributed by atoms with Crippen molar-refractivity contribution < 1.29 is 18.3 Å². The predicted octanol–water partition coefficient (Wildman–Crippen LogP) is 5.81. The van der Waals surface area contributed by atoms with E-state index in [4.69, 9.17) is 11.6 Å². The van der Waals surface area contributed by atoms with Crippen LogP contribution in [0, 0.1) is 17.5 Å². The van der Waals surface area contributed by atoms with Gasteiger partial charge in [0.2, 0.25) is 0 Å². The highest BCUT2D eigenvalue weighted by Crippen LogP contribution is 2.40. The van der Waals surface area contributed by atoms with Gasteiger partial charge < -0.3 is 5.11 Å². The molecule has 0 amide bonds. The maximum absolute atomic E-state index is 14.4. The average molecular weight is 484 g/mol. The fraction of sp³-hybridized carbons (Fsp3) is 0.478. The van der Waals surface area contributed by atoms with E-state index in [1.54, 1.807) is 0 Å². The average Bonchev–Trinajstić information content (AvgIpc) is 3.28. The van der Waals surface area contributed by atoms with Crippen LogP contribution in [0.5, 0.6) is 0 Å². The standard InChI is InChI=1S/C16H13ClF3N5O.C7H16/c1-9(14-13(20)15(17)23-7-22-14)16(26,5-25-8-21-6-24-25)11-3-2-10(18)4-12(11)19;1-3-5-7-6-4-2/h2-4,6-9,26H,5H2,1H3;3-7H2,1-2H3/t9-,16-;/m0./s1. The van der Waals surface area contributed by atoms with Gasteiger partial charge in [-0.05, 0) is 6.07 Å². The number of aliphatic hydroxyl groups is 1. The molecule has 1 aromatic carbocycles. The van der Waals surface area contributed by atoms with Crippen LogP contribution in [-0.2, 0) is 12.1 Å². The highest BCUT2D eigenvalue weighted by molar-refractivity contribution is 6.29. The molecule has 33 heavy (non-hydrogen) atoms. The van der Waals surface area contributed by atoms with E-state index in [1.165, 1.54) is 56.4 Å². The molecule has 180 valence electrons. The third-order valence-corrected chi connectivity index (χ3v) is 5.64. The molecule has 3 aromatic rings. The first-order valence-electron chi connectivity index (χ1n) is 10.9. The first-order valence-corrected chi connectivity index (χ1v) is 11.3. The van der Waals surface area contributed by atoms with Crippen LogP contribution in [0.4, 0.5) is 13.2 Å². The third-order valence-electron chi connectivity index (χ3n) is 5.37. The van der Waals surface area contributed by atoms with Crippen molar-refractivity contribution in [3.8, 4) is 0 Å². The summed E-state index contributed by atoms with van der Waals surface area (Å²) in [7, 11) is 0. The molecule has 2 atom stereocenters.